The van der Waals surface area contributed by atoms with E-state index in [0.717, 1.165) is 0 Å². The van der Waals surface area contributed by atoms with Crippen LogP contribution in [0, 0.1) is 43.9 Å². The zero-order chi connectivity index (χ0) is 22.5. The molecule has 0 unspecified atom stereocenters. The van der Waals surface area contributed by atoms with Gasteiger partial charge in [-0.3, -0.25) is 20.2 Å². The number of hydrogen-bond donors (Lipinski definition) is 1. The van der Waals surface area contributed by atoms with Gasteiger partial charge in [0.1, 0.15) is 0 Å². The first-order valence-electron chi connectivity index (χ1n) is 8.15. The second-order valence-corrected chi connectivity index (χ2v) is 5.13. The topological polar surface area (TPSA) is 211 Å². The van der Waals surface area contributed by atoms with E-state index in [1.165, 1.54) is 48.5 Å². The molecule has 0 spiro atoms. The number of carboxylic acid groups (broad SMARTS) is 1. The summed E-state index contributed by atoms with van der Waals surface area (Å²) >= 11 is 0. The van der Waals surface area contributed by atoms with Crippen molar-refractivity contribution in [1.82, 2.24) is 0 Å². The number of nitro groups is 2. The second kappa shape index (κ2) is 17.5. The van der Waals surface area contributed by atoms with E-state index < -0.39 is 21.8 Å². The molecule has 0 atom stereocenters. The number of benzene rings is 2. The minimum Gasteiger partial charge on any atom is -0.870 e. The number of rotatable bonds is 3. The minimum atomic E-state index is -1.23. The van der Waals surface area contributed by atoms with Gasteiger partial charge in [0.2, 0.25) is 0 Å². The molecule has 13 heteroatoms. The van der Waals surface area contributed by atoms with Crippen LogP contribution in [0.1, 0.15) is 18.1 Å². The Morgan fingerprint density at radius 3 is 1.55 bits per heavy atom. The summed E-state index contributed by atoms with van der Waals surface area (Å²) in [5.74, 6) is 7.22. The third-order valence-electron chi connectivity index (χ3n) is 3.05. The number of carboxylic acids is 1. The molecular weight excluding hydrogens is 435 g/mol. The van der Waals surface area contributed by atoms with Crippen molar-refractivity contribution >= 4 is 23.3 Å². The van der Waals surface area contributed by atoms with E-state index in [2.05, 4.69) is 22.5 Å². The van der Waals surface area contributed by atoms with Gasteiger partial charge < -0.3 is 20.8 Å². The number of non-ortho nitro benzene ring substituents is 2. The van der Waals surface area contributed by atoms with Crippen LogP contribution in [-0.2, 0) is 14.3 Å². The number of carbonyl (C=O) groups is 2. The fourth-order valence-corrected chi connectivity index (χ4v) is 1.75. The number of hydrogen-bond acceptors (Lipinski definition) is 8. The molecule has 0 heterocycles. The number of ether oxygens (including phenoxy) is 1. The Morgan fingerprint density at radius 2 is 1.24 bits per heavy atom. The molecule has 0 aliphatic carbocycles. The standard InChI is InChI=1S/C11H9NO4.C9H5NO4.Li.2H2O/c1-2-16-11(13)8-5-9-3-6-10(7-4-9)12(14)15;11-9(12)6-3-7-1-4-8(5-2-7)10(13)14;;;/h3-4,6-7H,2H2,1H3;1-2,4-5H,(H,11,12);;2*1H2/q;;+1;;/p-1. The van der Waals surface area contributed by atoms with E-state index >= 15 is 0 Å². The maximum absolute atomic E-state index is 10.9. The molecule has 12 nitrogen and oxygen atoms in total. The summed E-state index contributed by atoms with van der Waals surface area (Å²) in [5.41, 5.74) is 0.893. The van der Waals surface area contributed by atoms with Crippen LogP contribution < -0.4 is 18.9 Å². The van der Waals surface area contributed by atoms with Gasteiger partial charge >= 0.3 is 30.8 Å². The van der Waals surface area contributed by atoms with Crippen molar-refractivity contribution in [3.63, 3.8) is 0 Å². The summed E-state index contributed by atoms with van der Waals surface area (Å²) in [4.78, 5) is 40.5. The van der Waals surface area contributed by atoms with Crippen molar-refractivity contribution < 1.29 is 59.1 Å². The number of carbonyl (C=O) groups excluding carboxylic acids is 1. The van der Waals surface area contributed by atoms with E-state index in [1.54, 1.807) is 6.92 Å². The van der Waals surface area contributed by atoms with Crippen LogP contribution in [0.3, 0.4) is 0 Å². The van der Waals surface area contributed by atoms with Crippen LogP contribution in [-0.4, -0.2) is 44.5 Å². The smallest absolute Gasteiger partial charge is 0.870 e. The van der Waals surface area contributed by atoms with E-state index in [-0.39, 0.29) is 47.8 Å². The van der Waals surface area contributed by atoms with Gasteiger partial charge in [-0.25, -0.2) is 9.59 Å². The Kier molecular flexibility index (Phi) is 17.7. The minimum absolute atomic E-state index is 0. The van der Waals surface area contributed by atoms with Gasteiger partial charge in [-0.15, -0.1) is 0 Å². The van der Waals surface area contributed by atoms with Crippen LogP contribution in [0.4, 0.5) is 11.4 Å². The molecule has 2 aromatic rings. The molecule has 168 valence electrons. The number of aliphatic carboxylic acids is 1. The number of esters is 1. The summed E-state index contributed by atoms with van der Waals surface area (Å²) in [6, 6.07) is 10.9. The first kappa shape index (κ1) is 33.5. The van der Waals surface area contributed by atoms with Crippen LogP contribution in [0.2, 0.25) is 0 Å². The van der Waals surface area contributed by atoms with Gasteiger partial charge in [-0.05, 0) is 31.2 Å². The zero-order valence-electron chi connectivity index (χ0n) is 17.5. The normalized spacial score (nSPS) is 7.91. The second-order valence-electron chi connectivity index (χ2n) is 5.13. The molecule has 0 aromatic heterocycles. The fourth-order valence-electron chi connectivity index (χ4n) is 1.75. The molecule has 0 aliphatic rings. The molecule has 0 amide bonds. The van der Waals surface area contributed by atoms with Crippen molar-refractivity contribution in [3.8, 4) is 23.7 Å². The van der Waals surface area contributed by atoms with Gasteiger partial charge in [-0.1, -0.05) is 11.8 Å². The Morgan fingerprint density at radius 1 is 0.879 bits per heavy atom. The molecular formula is C20H17LiN2O10. The van der Waals surface area contributed by atoms with E-state index in [1.807, 2.05) is 5.92 Å². The summed E-state index contributed by atoms with van der Waals surface area (Å²) < 4.78 is 4.60. The summed E-state index contributed by atoms with van der Waals surface area (Å²) in [6.45, 7) is 1.96. The Labute approximate surface area is 199 Å². The molecule has 33 heavy (non-hydrogen) atoms. The average molecular weight is 452 g/mol. The third-order valence-corrected chi connectivity index (χ3v) is 3.05. The molecule has 0 fully saturated rings. The largest absolute Gasteiger partial charge is 1.00 e. The van der Waals surface area contributed by atoms with Crippen molar-refractivity contribution in [2.75, 3.05) is 6.61 Å². The fraction of sp³-hybridized carbons (Fsp3) is 0.100. The Bertz CT molecular complexity index is 1060. The monoisotopic (exact) mass is 452 g/mol. The molecule has 0 bridgehead atoms. The van der Waals surface area contributed by atoms with Crippen LogP contribution in [0.5, 0.6) is 0 Å². The maximum Gasteiger partial charge on any atom is 1.00 e. The molecule has 0 radical (unpaired) electrons. The predicted molar refractivity (Wildman–Crippen MR) is 110 cm³/mol. The van der Waals surface area contributed by atoms with Gasteiger partial charge in [-0.2, -0.15) is 0 Å². The first-order valence-corrected chi connectivity index (χ1v) is 8.15. The Hall–Kier alpha value is -4.18. The third kappa shape index (κ3) is 13.7. The van der Waals surface area contributed by atoms with Crippen LogP contribution >= 0.6 is 0 Å². The van der Waals surface area contributed by atoms with Crippen LogP contribution in [0.15, 0.2) is 48.5 Å². The predicted octanol–water partition coefficient (Wildman–Crippen LogP) is -1.46. The maximum atomic E-state index is 10.9. The molecule has 0 aliphatic heterocycles. The van der Waals surface area contributed by atoms with Crippen molar-refractivity contribution in [3.05, 3.63) is 79.9 Å². The van der Waals surface area contributed by atoms with Gasteiger partial charge in [0, 0.05) is 47.2 Å². The summed E-state index contributed by atoms with van der Waals surface area (Å²) in [5, 5.41) is 28.8. The zero-order valence-corrected chi connectivity index (χ0v) is 17.5. The van der Waals surface area contributed by atoms with E-state index in [9.17, 15) is 29.8 Å². The van der Waals surface area contributed by atoms with Gasteiger partial charge in [0.15, 0.2) is 0 Å². The molecule has 2 rings (SSSR count). The molecule has 0 saturated heterocycles. The van der Waals surface area contributed by atoms with Crippen molar-refractivity contribution in [2.45, 2.75) is 6.92 Å². The van der Waals surface area contributed by atoms with Gasteiger partial charge in [0.25, 0.3) is 11.4 Å². The average Bonchev–Trinajstić information content (AvgIpc) is 2.72. The van der Waals surface area contributed by atoms with Gasteiger partial charge in [0.05, 0.1) is 16.5 Å². The number of nitro benzene ring substituents is 2. The van der Waals surface area contributed by atoms with E-state index in [4.69, 9.17) is 5.11 Å². The molecule has 0 saturated carbocycles. The quantitative estimate of drug-likeness (QED) is 0.189. The van der Waals surface area contributed by atoms with Crippen molar-refractivity contribution in [2.24, 2.45) is 0 Å². The van der Waals surface area contributed by atoms with E-state index in [0.29, 0.717) is 11.1 Å². The summed E-state index contributed by atoms with van der Waals surface area (Å²) in [6.07, 6.45) is 0. The van der Waals surface area contributed by atoms with Crippen LogP contribution in [0.25, 0.3) is 0 Å². The number of nitrogens with zero attached hydrogens (tertiary/aromatic N) is 2. The van der Waals surface area contributed by atoms with Crippen molar-refractivity contribution in [1.29, 1.82) is 0 Å². The first-order chi connectivity index (χ1) is 14.2. The SMILES string of the molecule is CCOC(=O)C#Cc1ccc([N+](=O)[O-])cc1.O.O=C(O)C#Cc1ccc([N+](=O)[O-])cc1.[Li+].[OH-]. The molecule has 4 N–H and O–H groups in total. The molecule has 2 aromatic carbocycles. The Balaban J connectivity index is -0.000000503. The summed E-state index contributed by atoms with van der Waals surface area (Å²) in [7, 11) is 0.